The highest BCUT2D eigenvalue weighted by Crippen LogP contribution is 2.42. The standard InChI is InChI=1S/C23H24FN3O7S.C2HF3O2/c24-14-9-12(19(25)26)3-5-16(14)34-21(32)17-6-4-13(35-17)11-23(7-1-2-8-23)22(33)27-15(20(30)31)10-18(28)29;3-2(4,5)1(6)7/h3-6,9,15H,1-2,7-8,10-11H2,(H3,25,26)(H,27,33)(H,28,29)(H,30,31);(H,6,7)/t15-;/m0./s1. The van der Waals surface area contributed by atoms with Crippen molar-refractivity contribution in [2.24, 2.45) is 11.1 Å². The van der Waals surface area contributed by atoms with Gasteiger partial charge in [0.2, 0.25) is 5.91 Å². The largest absolute Gasteiger partial charge is 0.490 e. The predicted octanol–water partition coefficient (Wildman–Crippen LogP) is 3.17. The third-order valence-corrected chi connectivity index (χ3v) is 7.15. The quantitative estimate of drug-likeness (QED) is 0.0750. The van der Waals surface area contributed by atoms with Crippen LogP contribution in [0.15, 0.2) is 30.3 Å². The van der Waals surface area contributed by atoms with Gasteiger partial charge in [0.05, 0.1) is 11.8 Å². The first-order chi connectivity index (χ1) is 19.4. The van der Waals surface area contributed by atoms with Gasteiger partial charge in [-0.2, -0.15) is 13.2 Å². The molecular weight excluding hydrogens is 594 g/mol. The summed E-state index contributed by atoms with van der Waals surface area (Å²) in [5.41, 5.74) is 4.54. The fourth-order valence-electron chi connectivity index (χ4n) is 4.04. The predicted molar refractivity (Wildman–Crippen MR) is 137 cm³/mol. The molecule has 228 valence electrons. The highest BCUT2D eigenvalue weighted by atomic mass is 32.1. The molecule has 1 aromatic carbocycles. The number of ether oxygens (including phenoxy) is 1. The number of halogens is 4. The summed E-state index contributed by atoms with van der Waals surface area (Å²) >= 11 is 1.07. The number of esters is 1. The number of nitrogens with one attached hydrogen (secondary N) is 2. The highest BCUT2D eigenvalue weighted by Gasteiger charge is 2.43. The first-order valence-corrected chi connectivity index (χ1v) is 12.8. The maximum atomic E-state index is 14.2. The number of thiophene rings is 1. The van der Waals surface area contributed by atoms with Crippen LogP contribution in [0.2, 0.25) is 0 Å². The van der Waals surface area contributed by atoms with E-state index in [4.69, 9.17) is 30.9 Å². The minimum absolute atomic E-state index is 0.148. The second-order valence-corrected chi connectivity index (χ2v) is 10.3. The molecule has 1 heterocycles. The Morgan fingerprint density at radius 3 is 2.14 bits per heavy atom. The molecule has 0 aliphatic heterocycles. The molecule has 1 saturated carbocycles. The van der Waals surface area contributed by atoms with Gasteiger partial charge in [0.25, 0.3) is 0 Å². The molecular formula is C25H25F4N3O9S. The summed E-state index contributed by atoms with van der Waals surface area (Å²) in [6, 6.07) is 5.14. The summed E-state index contributed by atoms with van der Waals surface area (Å²) in [5.74, 6) is -8.36. The molecule has 0 spiro atoms. The fraction of sp³-hybridized carbons (Fsp3) is 0.360. The van der Waals surface area contributed by atoms with Crippen LogP contribution in [-0.2, 0) is 25.6 Å². The van der Waals surface area contributed by atoms with E-state index in [9.17, 15) is 41.8 Å². The number of alkyl halides is 3. The number of carboxylic acid groups (broad SMARTS) is 3. The Bertz CT molecular complexity index is 1370. The average molecular weight is 620 g/mol. The summed E-state index contributed by atoms with van der Waals surface area (Å²) in [4.78, 5) is 57.7. The lowest BCUT2D eigenvalue weighted by molar-refractivity contribution is -0.192. The van der Waals surface area contributed by atoms with Crippen molar-refractivity contribution in [3.8, 4) is 5.75 Å². The molecule has 2 aromatic rings. The molecule has 7 N–H and O–H groups in total. The summed E-state index contributed by atoms with van der Waals surface area (Å²) in [6.45, 7) is 0. The van der Waals surface area contributed by atoms with Gasteiger partial charge in [-0.1, -0.05) is 12.8 Å². The number of nitrogen functional groups attached to an aromatic ring is 1. The maximum Gasteiger partial charge on any atom is 0.490 e. The topological polar surface area (TPSA) is 217 Å². The number of amidine groups is 1. The van der Waals surface area contributed by atoms with Crippen molar-refractivity contribution in [3.63, 3.8) is 0 Å². The van der Waals surface area contributed by atoms with Crippen LogP contribution in [0.3, 0.4) is 0 Å². The fourth-order valence-corrected chi connectivity index (χ4v) is 5.07. The van der Waals surface area contributed by atoms with E-state index in [0.29, 0.717) is 17.7 Å². The zero-order valence-electron chi connectivity index (χ0n) is 21.5. The zero-order chi connectivity index (χ0) is 31.8. The van der Waals surface area contributed by atoms with Gasteiger partial charge < -0.3 is 31.1 Å². The van der Waals surface area contributed by atoms with E-state index in [1.807, 2.05) is 0 Å². The molecule has 0 bridgehead atoms. The zero-order valence-corrected chi connectivity index (χ0v) is 22.3. The van der Waals surface area contributed by atoms with Gasteiger partial charge in [0, 0.05) is 10.4 Å². The molecule has 1 fully saturated rings. The Hall–Kier alpha value is -4.54. The number of hydrogen-bond donors (Lipinski definition) is 6. The Morgan fingerprint density at radius 2 is 1.67 bits per heavy atom. The lowest BCUT2D eigenvalue weighted by Gasteiger charge is -2.28. The second-order valence-electron chi connectivity index (χ2n) is 9.14. The van der Waals surface area contributed by atoms with E-state index in [-0.39, 0.29) is 28.4 Å². The van der Waals surface area contributed by atoms with Gasteiger partial charge in [-0.3, -0.25) is 15.0 Å². The molecule has 42 heavy (non-hydrogen) atoms. The van der Waals surface area contributed by atoms with Crippen LogP contribution >= 0.6 is 11.3 Å². The Labute approximate surface area is 238 Å². The second kappa shape index (κ2) is 13.9. The van der Waals surface area contributed by atoms with Gasteiger partial charge >= 0.3 is 30.1 Å². The van der Waals surface area contributed by atoms with Crippen molar-refractivity contribution < 1.29 is 61.6 Å². The number of benzene rings is 1. The van der Waals surface area contributed by atoms with Crippen molar-refractivity contribution in [2.75, 3.05) is 0 Å². The summed E-state index contributed by atoms with van der Waals surface area (Å²) < 4.78 is 51.1. The van der Waals surface area contributed by atoms with E-state index in [2.05, 4.69) is 5.32 Å². The Balaban J connectivity index is 0.000000782. The van der Waals surface area contributed by atoms with Crippen LogP contribution in [-0.4, -0.2) is 63.2 Å². The third kappa shape index (κ3) is 9.25. The van der Waals surface area contributed by atoms with Gasteiger partial charge in [-0.15, -0.1) is 11.3 Å². The molecule has 1 aliphatic rings. The molecule has 12 nitrogen and oxygen atoms in total. The van der Waals surface area contributed by atoms with Gasteiger partial charge in [0.15, 0.2) is 11.6 Å². The normalized spacial score (nSPS) is 14.6. The minimum Gasteiger partial charge on any atom is -0.481 e. The van der Waals surface area contributed by atoms with Crippen LogP contribution in [0.4, 0.5) is 17.6 Å². The number of hydrogen-bond acceptors (Lipinski definition) is 8. The van der Waals surface area contributed by atoms with Crippen LogP contribution in [0.25, 0.3) is 0 Å². The van der Waals surface area contributed by atoms with Crippen molar-refractivity contribution in [1.82, 2.24) is 5.32 Å². The Morgan fingerprint density at radius 1 is 1.07 bits per heavy atom. The summed E-state index contributed by atoms with van der Waals surface area (Å²) in [6.07, 6.45) is -3.11. The van der Waals surface area contributed by atoms with Crippen LogP contribution < -0.4 is 15.8 Å². The van der Waals surface area contributed by atoms with Crippen molar-refractivity contribution in [3.05, 3.63) is 51.5 Å². The maximum absolute atomic E-state index is 14.2. The average Bonchev–Trinajstić information content (AvgIpc) is 3.55. The van der Waals surface area contributed by atoms with Gasteiger partial charge in [0.1, 0.15) is 16.8 Å². The van der Waals surface area contributed by atoms with E-state index in [1.165, 1.54) is 18.2 Å². The molecule has 1 atom stereocenters. The minimum atomic E-state index is -5.08. The number of nitrogens with two attached hydrogens (primary N) is 1. The lowest BCUT2D eigenvalue weighted by atomic mass is 9.81. The first-order valence-electron chi connectivity index (χ1n) is 12.0. The van der Waals surface area contributed by atoms with Crippen molar-refractivity contribution in [1.29, 1.82) is 5.41 Å². The molecule has 0 saturated heterocycles. The Kier molecular flexibility index (Phi) is 11.1. The highest BCUT2D eigenvalue weighted by molar-refractivity contribution is 7.14. The van der Waals surface area contributed by atoms with E-state index >= 15 is 0 Å². The smallest absolute Gasteiger partial charge is 0.481 e. The third-order valence-electron chi connectivity index (χ3n) is 6.09. The van der Waals surface area contributed by atoms with E-state index < -0.39 is 59.7 Å². The number of rotatable bonds is 10. The van der Waals surface area contributed by atoms with Crippen molar-refractivity contribution >= 4 is 47.0 Å². The first kappa shape index (κ1) is 33.7. The van der Waals surface area contributed by atoms with Crippen LogP contribution in [0.5, 0.6) is 5.75 Å². The van der Waals surface area contributed by atoms with E-state index in [1.54, 1.807) is 6.07 Å². The number of aliphatic carboxylic acids is 3. The molecule has 1 amide bonds. The van der Waals surface area contributed by atoms with E-state index in [0.717, 1.165) is 30.2 Å². The number of carbonyl (C=O) groups excluding carboxylic acids is 2. The molecule has 1 aliphatic carbocycles. The van der Waals surface area contributed by atoms with Crippen LogP contribution in [0, 0.1) is 16.6 Å². The monoisotopic (exact) mass is 619 g/mol. The SMILES string of the molecule is N=C(N)c1ccc(OC(=O)c2ccc(CC3(C(=O)N[C@@H](CC(=O)O)C(=O)O)CCCC3)s2)c(F)c1.O=C(O)C(F)(F)F. The molecule has 3 rings (SSSR count). The van der Waals surface area contributed by atoms with Gasteiger partial charge in [-0.05, 0) is 49.6 Å². The molecule has 0 radical (unpaired) electrons. The summed E-state index contributed by atoms with van der Waals surface area (Å²) in [5, 5.41) is 35.0. The lowest BCUT2D eigenvalue weighted by Crippen LogP contribution is -2.49. The number of carbonyl (C=O) groups is 5. The number of carboxylic acids is 3. The summed E-state index contributed by atoms with van der Waals surface area (Å²) in [7, 11) is 0. The van der Waals surface area contributed by atoms with Crippen molar-refractivity contribution in [2.45, 2.75) is 50.7 Å². The molecule has 17 heteroatoms. The van der Waals surface area contributed by atoms with Crippen LogP contribution in [0.1, 0.15) is 52.2 Å². The van der Waals surface area contributed by atoms with Gasteiger partial charge in [-0.25, -0.2) is 18.8 Å². The number of amides is 1. The molecule has 0 unspecified atom stereocenters. The molecule has 1 aromatic heterocycles.